The molecule has 0 amide bonds. The maximum absolute atomic E-state index is 12.4. The van der Waals surface area contributed by atoms with Crippen molar-refractivity contribution in [3.63, 3.8) is 0 Å². The maximum Gasteiger partial charge on any atom is 0.182 e. The largest absolute Gasteiger partial charge is 0.290 e. The van der Waals surface area contributed by atoms with Crippen molar-refractivity contribution in [2.45, 2.75) is 73.6 Å². The minimum atomic E-state index is -0.0977. The minimum absolute atomic E-state index is 0.0476. The second-order valence-electron chi connectivity index (χ2n) is 8.25. The number of hydrogen-bond acceptors (Lipinski definition) is 2. The zero-order valence-electron chi connectivity index (χ0n) is 18.5. The van der Waals surface area contributed by atoms with Gasteiger partial charge in [-0.2, -0.15) is 0 Å². The van der Waals surface area contributed by atoms with Crippen LogP contribution in [-0.4, -0.2) is 11.6 Å². The summed E-state index contributed by atoms with van der Waals surface area (Å²) in [5.41, 5.74) is 5.85. The molecule has 0 saturated carbocycles. The fourth-order valence-corrected chi connectivity index (χ4v) is 3.14. The molecule has 152 valence electrons. The third-order valence-electron chi connectivity index (χ3n) is 4.77. The van der Waals surface area contributed by atoms with Crippen molar-refractivity contribution in [3.8, 4) is 0 Å². The van der Waals surface area contributed by atoms with Gasteiger partial charge in [-0.3, -0.25) is 9.59 Å². The summed E-state index contributed by atoms with van der Waals surface area (Å²) in [5, 5.41) is 0. The van der Waals surface area contributed by atoms with Crippen molar-refractivity contribution < 1.29 is 9.59 Å². The lowest BCUT2D eigenvalue weighted by Crippen LogP contribution is -2.15. The molecule has 0 N–H and O–H groups in total. The molecule has 1 rings (SSSR count). The molecule has 0 saturated heterocycles. The molecule has 0 fully saturated rings. The molecule has 0 aromatic carbocycles. The summed E-state index contributed by atoms with van der Waals surface area (Å²) in [5.74, 6) is -0.195. The molecule has 1 atom stereocenters. The number of ketones is 2. The highest BCUT2D eigenvalue weighted by Crippen LogP contribution is 2.25. The quantitative estimate of drug-likeness (QED) is 0.302. The Morgan fingerprint density at radius 3 is 1.96 bits per heavy atom. The highest BCUT2D eigenvalue weighted by atomic mass is 16.1. The first kappa shape index (κ1) is 23.8. The van der Waals surface area contributed by atoms with Gasteiger partial charge in [0.15, 0.2) is 11.6 Å². The highest BCUT2D eigenvalue weighted by molar-refractivity contribution is 6.17. The average Bonchev–Trinajstić information content (AvgIpc) is 2.60. The third-order valence-corrected chi connectivity index (χ3v) is 4.77. The molecule has 1 aliphatic rings. The van der Waals surface area contributed by atoms with E-state index in [1.807, 2.05) is 0 Å². The van der Waals surface area contributed by atoms with Crippen molar-refractivity contribution in [2.75, 3.05) is 0 Å². The van der Waals surface area contributed by atoms with Crippen LogP contribution in [0.3, 0.4) is 0 Å². The van der Waals surface area contributed by atoms with Gasteiger partial charge in [-0.1, -0.05) is 46.6 Å². The van der Waals surface area contributed by atoms with Crippen LogP contribution in [-0.2, 0) is 9.59 Å². The Balaban J connectivity index is 2.95. The molecule has 0 radical (unpaired) electrons. The summed E-state index contributed by atoms with van der Waals surface area (Å²) >= 11 is 0. The standard InChI is InChI=1S/C26H36O2/c1-19(2)9-7-11-21(5)13-14-23(17-22(6)12-8-10-20(3)4)25-18-24(27)15-16-26(25)28/h9-10,13,15-18,23H,7-8,11-12,14H2,1-6H3. The smallest absolute Gasteiger partial charge is 0.182 e. The number of hydrogen-bond donors (Lipinski definition) is 0. The summed E-state index contributed by atoms with van der Waals surface area (Å²) in [6.07, 6.45) is 17.9. The highest BCUT2D eigenvalue weighted by Gasteiger charge is 2.20. The van der Waals surface area contributed by atoms with Crippen LogP contribution in [0.1, 0.15) is 73.6 Å². The second kappa shape index (κ2) is 12.3. The monoisotopic (exact) mass is 380 g/mol. The molecule has 2 heteroatoms. The van der Waals surface area contributed by atoms with Crippen LogP contribution in [0.2, 0.25) is 0 Å². The normalized spacial score (nSPS) is 16.0. The van der Waals surface area contributed by atoms with Gasteiger partial charge in [0.05, 0.1) is 0 Å². The van der Waals surface area contributed by atoms with Gasteiger partial charge < -0.3 is 0 Å². The lowest BCUT2D eigenvalue weighted by atomic mass is 9.86. The molecule has 0 spiro atoms. The van der Waals surface area contributed by atoms with Crippen molar-refractivity contribution in [1.82, 2.24) is 0 Å². The summed E-state index contributed by atoms with van der Waals surface area (Å²) in [4.78, 5) is 24.2. The van der Waals surface area contributed by atoms with E-state index in [1.54, 1.807) is 0 Å². The van der Waals surface area contributed by atoms with Crippen LogP contribution >= 0.6 is 0 Å². The average molecular weight is 381 g/mol. The fourth-order valence-electron chi connectivity index (χ4n) is 3.14. The zero-order valence-corrected chi connectivity index (χ0v) is 18.5. The lowest BCUT2D eigenvalue weighted by molar-refractivity contribution is -0.114. The van der Waals surface area contributed by atoms with E-state index in [4.69, 9.17) is 0 Å². The fraction of sp³-hybridized carbons (Fsp3) is 0.462. The maximum atomic E-state index is 12.4. The van der Waals surface area contributed by atoms with Gasteiger partial charge >= 0.3 is 0 Å². The Labute approximate surface area is 171 Å². The van der Waals surface area contributed by atoms with Gasteiger partial charge in [-0.15, -0.1) is 0 Å². The van der Waals surface area contributed by atoms with Crippen molar-refractivity contribution >= 4 is 11.6 Å². The summed E-state index contributed by atoms with van der Waals surface area (Å²) in [6, 6.07) is 0. The van der Waals surface area contributed by atoms with Gasteiger partial charge in [0.25, 0.3) is 0 Å². The SMILES string of the molecule is CC(C)=CCCC(C)=CCC(C=C(C)CCC=C(C)C)C1=CC(=O)C=CC1=O. The second-order valence-corrected chi connectivity index (χ2v) is 8.25. The van der Waals surface area contributed by atoms with Gasteiger partial charge in [0, 0.05) is 11.5 Å². The Morgan fingerprint density at radius 1 is 0.821 bits per heavy atom. The van der Waals surface area contributed by atoms with E-state index in [0.717, 1.165) is 32.1 Å². The molecule has 0 aliphatic heterocycles. The van der Waals surface area contributed by atoms with Crippen LogP contribution in [0.15, 0.2) is 70.4 Å². The predicted molar refractivity (Wildman–Crippen MR) is 120 cm³/mol. The molecule has 0 bridgehead atoms. The Bertz CT molecular complexity index is 743. The molecule has 0 heterocycles. The number of rotatable bonds is 10. The van der Waals surface area contributed by atoms with Gasteiger partial charge in [0.1, 0.15) is 0 Å². The minimum Gasteiger partial charge on any atom is -0.290 e. The first-order chi connectivity index (χ1) is 13.2. The molecule has 2 nitrogen and oxygen atoms in total. The first-order valence-corrected chi connectivity index (χ1v) is 10.3. The van der Waals surface area contributed by atoms with E-state index in [2.05, 4.69) is 65.8 Å². The van der Waals surface area contributed by atoms with Gasteiger partial charge in [-0.05, 0) is 91.9 Å². The molecule has 0 aromatic rings. The van der Waals surface area contributed by atoms with Crippen LogP contribution in [0, 0.1) is 5.92 Å². The number of carbonyl (C=O) groups is 2. The number of carbonyl (C=O) groups excluding carboxylic acids is 2. The molecule has 1 unspecified atom stereocenters. The van der Waals surface area contributed by atoms with E-state index in [1.165, 1.54) is 40.5 Å². The number of allylic oxidation sites excluding steroid dienone is 12. The van der Waals surface area contributed by atoms with Crippen LogP contribution in [0.4, 0.5) is 0 Å². The predicted octanol–water partition coefficient (Wildman–Crippen LogP) is 7.01. The topological polar surface area (TPSA) is 34.1 Å². The van der Waals surface area contributed by atoms with Crippen molar-refractivity contribution in [1.29, 1.82) is 0 Å². The summed E-state index contributed by atoms with van der Waals surface area (Å²) in [6.45, 7) is 12.7. The van der Waals surface area contributed by atoms with Gasteiger partial charge in [-0.25, -0.2) is 0 Å². The third kappa shape index (κ3) is 9.64. The summed E-state index contributed by atoms with van der Waals surface area (Å²) < 4.78 is 0. The van der Waals surface area contributed by atoms with E-state index >= 15 is 0 Å². The molecular formula is C26H36O2. The molecular weight excluding hydrogens is 344 g/mol. The first-order valence-electron chi connectivity index (χ1n) is 10.3. The van der Waals surface area contributed by atoms with E-state index in [-0.39, 0.29) is 17.5 Å². The Kier molecular flexibility index (Phi) is 10.4. The molecule has 0 aromatic heterocycles. The van der Waals surface area contributed by atoms with Crippen LogP contribution in [0.5, 0.6) is 0 Å². The van der Waals surface area contributed by atoms with E-state index < -0.39 is 0 Å². The van der Waals surface area contributed by atoms with Crippen LogP contribution in [0.25, 0.3) is 0 Å². The van der Waals surface area contributed by atoms with E-state index in [0.29, 0.717) is 5.57 Å². The van der Waals surface area contributed by atoms with Crippen molar-refractivity contribution in [3.05, 3.63) is 70.4 Å². The van der Waals surface area contributed by atoms with E-state index in [9.17, 15) is 9.59 Å². The Hall–Kier alpha value is -2.22. The molecule has 1 aliphatic carbocycles. The zero-order chi connectivity index (χ0) is 21.1. The summed E-state index contributed by atoms with van der Waals surface area (Å²) in [7, 11) is 0. The van der Waals surface area contributed by atoms with Gasteiger partial charge in [0.2, 0.25) is 0 Å². The lowest BCUT2D eigenvalue weighted by Gasteiger charge is -2.17. The van der Waals surface area contributed by atoms with Crippen LogP contribution < -0.4 is 0 Å². The Morgan fingerprint density at radius 2 is 1.39 bits per heavy atom. The molecule has 28 heavy (non-hydrogen) atoms. The van der Waals surface area contributed by atoms with Crippen molar-refractivity contribution in [2.24, 2.45) is 5.92 Å².